The Hall–Kier alpha value is -1.72. The van der Waals surface area contributed by atoms with Crippen molar-refractivity contribution in [3.05, 3.63) is 40.6 Å². The van der Waals surface area contributed by atoms with Crippen molar-refractivity contribution < 1.29 is 4.74 Å². The molecule has 1 aromatic heterocycles. The predicted octanol–water partition coefficient (Wildman–Crippen LogP) is 4.61. The lowest BCUT2D eigenvalue weighted by Gasteiger charge is -2.14. The summed E-state index contributed by atoms with van der Waals surface area (Å²) < 4.78 is 5.59. The number of hydrogen-bond acceptors (Lipinski definition) is 4. The molecule has 0 atom stereocenters. The van der Waals surface area contributed by atoms with Gasteiger partial charge in [0.25, 0.3) is 0 Å². The predicted molar refractivity (Wildman–Crippen MR) is 98.7 cm³/mol. The van der Waals surface area contributed by atoms with Gasteiger partial charge in [-0.2, -0.15) is 0 Å². The Morgan fingerprint density at radius 2 is 2.22 bits per heavy atom. The molecule has 0 aliphatic carbocycles. The molecule has 0 unspecified atom stereocenters. The number of halogens is 1. The van der Waals surface area contributed by atoms with Crippen molar-refractivity contribution in [3.8, 4) is 5.75 Å². The quantitative estimate of drug-likeness (QED) is 0.469. The molecule has 0 radical (unpaired) electrons. The fraction of sp³-hybridized carbons (Fsp3) is 0.294. The maximum absolute atomic E-state index is 7.67. The fourth-order valence-electron chi connectivity index (χ4n) is 2.34. The number of rotatable bonds is 5. The van der Waals surface area contributed by atoms with Gasteiger partial charge in [-0.25, -0.2) is 0 Å². The van der Waals surface area contributed by atoms with Gasteiger partial charge in [0, 0.05) is 21.0 Å². The van der Waals surface area contributed by atoms with Gasteiger partial charge in [-0.15, -0.1) is 0 Å². The number of nitrogens with one attached hydrogen (secondary N) is 1. The summed E-state index contributed by atoms with van der Waals surface area (Å²) in [5.74, 6) is 0.783. The van der Waals surface area contributed by atoms with E-state index < -0.39 is 0 Å². The maximum atomic E-state index is 7.67. The number of allylic oxidation sites excluding steroid dienone is 2. The third-order valence-electron chi connectivity index (χ3n) is 3.32. The van der Waals surface area contributed by atoms with Crippen LogP contribution in [0.3, 0.4) is 0 Å². The lowest BCUT2D eigenvalue weighted by Crippen LogP contribution is -2.06. The highest BCUT2D eigenvalue weighted by Gasteiger charge is 2.14. The largest absolute Gasteiger partial charge is 0.494 e. The van der Waals surface area contributed by atoms with Gasteiger partial charge in [-0.05, 0) is 51.0 Å². The van der Waals surface area contributed by atoms with Crippen LogP contribution in [-0.2, 0) is 6.42 Å². The zero-order chi connectivity index (χ0) is 17.0. The molecule has 0 amide bonds. The molecule has 2 aromatic rings. The van der Waals surface area contributed by atoms with Gasteiger partial charge in [-0.3, -0.25) is 10.4 Å². The molecule has 1 aromatic carbocycles. The van der Waals surface area contributed by atoms with Crippen LogP contribution in [0.15, 0.2) is 34.2 Å². The molecular formula is C17H20ClN3OS. The highest BCUT2D eigenvalue weighted by atomic mass is 35.5. The lowest BCUT2D eigenvalue weighted by molar-refractivity contribution is 0.340. The summed E-state index contributed by atoms with van der Waals surface area (Å²) in [4.78, 5) is 5.61. The van der Waals surface area contributed by atoms with Crippen LogP contribution < -0.4 is 10.5 Å². The summed E-state index contributed by atoms with van der Waals surface area (Å²) in [5, 5.41) is 9.39. The molecule has 6 heteroatoms. The van der Waals surface area contributed by atoms with Crippen LogP contribution in [-0.4, -0.2) is 16.8 Å². The zero-order valence-electron chi connectivity index (χ0n) is 13.4. The normalized spacial score (nSPS) is 11.7. The number of nitrogens with zero attached hydrogens (tertiary/aromatic N) is 1. The Kier molecular flexibility index (Phi) is 5.91. The first-order valence-electron chi connectivity index (χ1n) is 7.32. The van der Waals surface area contributed by atoms with E-state index >= 15 is 0 Å². The molecule has 1 heterocycles. The van der Waals surface area contributed by atoms with Crippen molar-refractivity contribution in [3.63, 3.8) is 0 Å². The minimum atomic E-state index is 0.0477. The number of nitrogens with two attached hydrogens (primary N) is 1. The van der Waals surface area contributed by atoms with E-state index in [4.69, 9.17) is 27.5 Å². The van der Waals surface area contributed by atoms with Gasteiger partial charge in [0.1, 0.15) is 5.75 Å². The molecule has 4 nitrogen and oxygen atoms in total. The number of aromatic nitrogens is 1. The number of hydrogen-bond donors (Lipinski definition) is 2. The lowest BCUT2D eigenvalue weighted by atomic mass is 10.1. The van der Waals surface area contributed by atoms with Crippen LogP contribution in [0.2, 0.25) is 0 Å². The number of benzene rings is 1. The van der Waals surface area contributed by atoms with Crippen LogP contribution in [0.25, 0.3) is 10.9 Å². The second-order valence-corrected chi connectivity index (χ2v) is 6.73. The molecule has 0 aliphatic heterocycles. The van der Waals surface area contributed by atoms with E-state index in [1.165, 1.54) is 11.8 Å². The molecule has 0 bridgehead atoms. The van der Waals surface area contributed by atoms with Crippen molar-refractivity contribution in [2.45, 2.75) is 32.1 Å². The van der Waals surface area contributed by atoms with E-state index in [-0.39, 0.29) is 5.17 Å². The number of ether oxygens (including phenoxy) is 1. The van der Waals surface area contributed by atoms with Crippen molar-refractivity contribution in [1.82, 2.24) is 4.98 Å². The number of thioether (sulfide) groups is 1. The van der Waals surface area contributed by atoms with Gasteiger partial charge in [-0.1, -0.05) is 29.4 Å². The number of amidine groups is 1. The Labute approximate surface area is 145 Å². The van der Waals surface area contributed by atoms with Crippen molar-refractivity contribution in [1.29, 1.82) is 5.41 Å². The third kappa shape index (κ3) is 4.39. The molecule has 0 saturated carbocycles. The summed E-state index contributed by atoms with van der Waals surface area (Å²) >= 11 is 7.21. The molecule has 122 valence electrons. The van der Waals surface area contributed by atoms with E-state index in [1.807, 2.05) is 45.0 Å². The Bertz CT molecular complexity index is 770. The summed E-state index contributed by atoms with van der Waals surface area (Å²) in [5.41, 5.74) is 8.46. The Morgan fingerprint density at radius 3 is 2.83 bits per heavy atom. The first-order chi connectivity index (χ1) is 10.9. The number of aryl methyl sites for hydroxylation is 1. The fourth-order valence-corrected chi connectivity index (χ4v) is 3.26. The van der Waals surface area contributed by atoms with E-state index in [9.17, 15) is 0 Å². The summed E-state index contributed by atoms with van der Waals surface area (Å²) in [6, 6.07) is 5.80. The van der Waals surface area contributed by atoms with Crippen molar-refractivity contribution in [2.75, 3.05) is 6.61 Å². The van der Waals surface area contributed by atoms with Gasteiger partial charge in [0.05, 0.1) is 12.1 Å². The monoisotopic (exact) mass is 349 g/mol. The minimum absolute atomic E-state index is 0.0477. The molecule has 2 rings (SSSR count). The van der Waals surface area contributed by atoms with Crippen LogP contribution in [0, 0.1) is 12.3 Å². The standard InChI is InChI=1S/C17H20ClN3OS/c1-4-22-12-6-8-15-14(9-12)16(23-17(19)20)13(11(3)21-15)7-5-10(2)18/h5-6,8-9H,4,7H2,1-3H3,(H3,19,20)/b10-5-. The Morgan fingerprint density at radius 1 is 1.48 bits per heavy atom. The summed E-state index contributed by atoms with van der Waals surface area (Å²) in [6.45, 7) is 6.35. The van der Waals surface area contributed by atoms with E-state index in [1.54, 1.807) is 0 Å². The third-order valence-corrected chi connectivity index (χ3v) is 4.37. The average Bonchev–Trinajstić information content (AvgIpc) is 2.46. The smallest absolute Gasteiger partial charge is 0.155 e. The van der Waals surface area contributed by atoms with E-state index in [2.05, 4.69) is 4.98 Å². The zero-order valence-corrected chi connectivity index (χ0v) is 15.0. The minimum Gasteiger partial charge on any atom is -0.494 e. The highest BCUT2D eigenvalue weighted by molar-refractivity contribution is 8.13. The van der Waals surface area contributed by atoms with Gasteiger partial charge in [0.15, 0.2) is 5.17 Å². The van der Waals surface area contributed by atoms with Gasteiger partial charge >= 0.3 is 0 Å². The topological polar surface area (TPSA) is 72.0 Å². The molecule has 3 N–H and O–H groups in total. The SMILES string of the molecule is CCOc1ccc2nc(C)c(C/C=C(/C)Cl)c(SC(=N)N)c2c1. The van der Waals surface area contributed by atoms with Crippen LogP contribution in [0.1, 0.15) is 25.1 Å². The molecular weight excluding hydrogens is 330 g/mol. The van der Waals surface area contributed by atoms with Crippen molar-refractivity contribution >= 4 is 39.4 Å². The van der Waals surface area contributed by atoms with E-state index in [0.717, 1.165) is 37.8 Å². The van der Waals surface area contributed by atoms with Crippen molar-refractivity contribution in [2.24, 2.45) is 5.73 Å². The summed E-state index contributed by atoms with van der Waals surface area (Å²) in [7, 11) is 0. The van der Waals surface area contributed by atoms with E-state index in [0.29, 0.717) is 13.0 Å². The second kappa shape index (κ2) is 7.70. The highest BCUT2D eigenvalue weighted by Crippen LogP contribution is 2.34. The van der Waals surface area contributed by atoms with Gasteiger partial charge < -0.3 is 10.5 Å². The number of fused-ring (bicyclic) bond motifs is 1. The Balaban J connectivity index is 2.68. The molecule has 0 aliphatic rings. The number of pyridine rings is 1. The molecule has 23 heavy (non-hydrogen) atoms. The average molecular weight is 350 g/mol. The molecule has 0 spiro atoms. The van der Waals surface area contributed by atoms with Crippen LogP contribution in [0.5, 0.6) is 5.75 Å². The first-order valence-corrected chi connectivity index (χ1v) is 8.52. The molecule has 0 fully saturated rings. The van der Waals surface area contributed by atoms with Gasteiger partial charge in [0.2, 0.25) is 0 Å². The second-order valence-electron chi connectivity index (χ2n) is 5.08. The first kappa shape index (κ1) is 17.6. The summed E-state index contributed by atoms with van der Waals surface area (Å²) in [6.07, 6.45) is 2.59. The van der Waals surface area contributed by atoms with Crippen LogP contribution in [0.4, 0.5) is 0 Å². The maximum Gasteiger partial charge on any atom is 0.155 e. The molecule has 0 saturated heterocycles. The van der Waals surface area contributed by atoms with Crippen LogP contribution >= 0.6 is 23.4 Å².